The number of benzene rings is 2. The predicted molar refractivity (Wildman–Crippen MR) is 98.0 cm³/mol. The Morgan fingerprint density at radius 2 is 1.88 bits per heavy atom. The van der Waals surface area contributed by atoms with Crippen molar-refractivity contribution in [2.24, 2.45) is 5.14 Å². The SMILES string of the molecule is C[C@H]1CCc2ccccc2N1CC(=O)Nc1ccc(S(N)(=O)=O)cc1. The van der Waals surface area contributed by atoms with E-state index < -0.39 is 10.0 Å². The number of rotatable bonds is 4. The molecule has 6 nitrogen and oxygen atoms in total. The van der Waals surface area contributed by atoms with Gasteiger partial charge in [0.15, 0.2) is 0 Å². The van der Waals surface area contributed by atoms with Gasteiger partial charge < -0.3 is 10.2 Å². The summed E-state index contributed by atoms with van der Waals surface area (Å²) >= 11 is 0. The molecule has 1 amide bonds. The molecule has 2 aromatic carbocycles. The number of carbonyl (C=O) groups excluding carboxylic acids is 1. The van der Waals surface area contributed by atoms with Crippen LogP contribution in [-0.2, 0) is 21.2 Å². The maximum absolute atomic E-state index is 12.4. The summed E-state index contributed by atoms with van der Waals surface area (Å²) in [6.07, 6.45) is 2.03. The van der Waals surface area contributed by atoms with E-state index in [-0.39, 0.29) is 23.4 Å². The first-order valence-electron chi connectivity index (χ1n) is 8.12. The number of fused-ring (bicyclic) bond motifs is 1. The summed E-state index contributed by atoms with van der Waals surface area (Å²) in [4.78, 5) is 14.5. The van der Waals surface area contributed by atoms with Crippen LogP contribution in [0.5, 0.6) is 0 Å². The molecule has 3 rings (SSSR count). The van der Waals surface area contributed by atoms with E-state index in [0.717, 1.165) is 18.5 Å². The molecule has 0 aromatic heterocycles. The minimum absolute atomic E-state index is 0.0177. The summed E-state index contributed by atoms with van der Waals surface area (Å²) in [6, 6.07) is 14.2. The van der Waals surface area contributed by atoms with Crippen LogP contribution in [0.3, 0.4) is 0 Å². The topological polar surface area (TPSA) is 92.5 Å². The van der Waals surface area contributed by atoms with Gasteiger partial charge in [-0.1, -0.05) is 18.2 Å². The third-order valence-electron chi connectivity index (χ3n) is 4.45. The van der Waals surface area contributed by atoms with Gasteiger partial charge in [0.05, 0.1) is 11.4 Å². The van der Waals surface area contributed by atoms with E-state index in [2.05, 4.69) is 23.2 Å². The highest BCUT2D eigenvalue weighted by Gasteiger charge is 2.24. The highest BCUT2D eigenvalue weighted by atomic mass is 32.2. The molecule has 2 aromatic rings. The van der Waals surface area contributed by atoms with Crippen molar-refractivity contribution >= 4 is 27.3 Å². The summed E-state index contributed by atoms with van der Waals surface area (Å²) in [6.45, 7) is 2.36. The van der Waals surface area contributed by atoms with Crippen LogP contribution in [0.4, 0.5) is 11.4 Å². The lowest BCUT2D eigenvalue weighted by Crippen LogP contribution is -2.42. The van der Waals surface area contributed by atoms with E-state index in [1.165, 1.54) is 29.8 Å². The summed E-state index contributed by atoms with van der Waals surface area (Å²) in [5.41, 5.74) is 2.89. The van der Waals surface area contributed by atoms with Crippen LogP contribution in [-0.4, -0.2) is 26.9 Å². The van der Waals surface area contributed by atoms with E-state index in [1.807, 2.05) is 18.2 Å². The van der Waals surface area contributed by atoms with Crippen LogP contribution in [0.1, 0.15) is 18.9 Å². The van der Waals surface area contributed by atoms with E-state index >= 15 is 0 Å². The zero-order valence-corrected chi connectivity index (χ0v) is 14.8. The smallest absolute Gasteiger partial charge is 0.243 e. The van der Waals surface area contributed by atoms with Crippen molar-refractivity contribution in [3.8, 4) is 0 Å². The molecular formula is C18H21N3O3S. The van der Waals surface area contributed by atoms with Crippen molar-refractivity contribution in [1.29, 1.82) is 0 Å². The number of sulfonamides is 1. The van der Waals surface area contributed by atoms with Gasteiger partial charge in [0, 0.05) is 17.4 Å². The van der Waals surface area contributed by atoms with E-state index in [1.54, 1.807) is 0 Å². The molecule has 1 aliphatic heterocycles. The number of para-hydroxylation sites is 1. The van der Waals surface area contributed by atoms with Gasteiger partial charge in [0.1, 0.15) is 0 Å². The molecule has 0 radical (unpaired) electrons. The molecule has 0 unspecified atom stereocenters. The molecule has 0 spiro atoms. The zero-order chi connectivity index (χ0) is 18.0. The molecule has 1 aliphatic rings. The fourth-order valence-corrected chi connectivity index (χ4v) is 3.60. The number of hydrogen-bond donors (Lipinski definition) is 2. The van der Waals surface area contributed by atoms with Crippen LogP contribution in [0, 0.1) is 0 Å². The predicted octanol–water partition coefficient (Wildman–Crippen LogP) is 2.11. The monoisotopic (exact) mass is 359 g/mol. The second kappa shape index (κ2) is 6.85. The van der Waals surface area contributed by atoms with Crippen molar-refractivity contribution < 1.29 is 13.2 Å². The Hall–Kier alpha value is -2.38. The number of nitrogens with zero attached hydrogens (tertiary/aromatic N) is 1. The maximum atomic E-state index is 12.4. The van der Waals surface area contributed by atoms with Crippen LogP contribution in [0.25, 0.3) is 0 Å². The van der Waals surface area contributed by atoms with Crippen LogP contribution in [0.2, 0.25) is 0 Å². The molecule has 132 valence electrons. The lowest BCUT2D eigenvalue weighted by molar-refractivity contribution is -0.115. The number of hydrogen-bond acceptors (Lipinski definition) is 4. The lowest BCUT2D eigenvalue weighted by Gasteiger charge is -2.36. The Labute approximate surface area is 147 Å². The number of carbonyl (C=O) groups is 1. The number of anilines is 2. The molecule has 25 heavy (non-hydrogen) atoms. The first kappa shape index (κ1) is 17.4. The van der Waals surface area contributed by atoms with Crippen molar-refractivity contribution in [1.82, 2.24) is 0 Å². The van der Waals surface area contributed by atoms with Gasteiger partial charge in [0.25, 0.3) is 0 Å². The molecule has 0 saturated heterocycles. The Balaban J connectivity index is 1.71. The van der Waals surface area contributed by atoms with Gasteiger partial charge in [-0.05, 0) is 55.7 Å². The average Bonchev–Trinajstić information content (AvgIpc) is 2.57. The van der Waals surface area contributed by atoms with Crippen LogP contribution >= 0.6 is 0 Å². The largest absolute Gasteiger partial charge is 0.359 e. The van der Waals surface area contributed by atoms with Crippen LogP contribution in [0.15, 0.2) is 53.4 Å². The Kier molecular flexibility index (Phi) is 4.78. The maximum Gasteiger partial charge on any atom is 0.243 e. The quantitative estimate of drug-likeness (QED) is 0.874. The third kappa shape index (κ3) is 4.00. The molecule has 1 heterocycles. The lowest BCUT2D eigenvalue weighted by atomic mass is 9.96. The normalized spacial score (nSPS) is 17.0. The van der Waals surface area contributed by atoms with Gasteiger partial charge in [-0.25, -0.2) is 13.6 Å². The standard InChI is InChI=1S/C18H21N3O3S/c1-13-6-7-14-4-2-3-5-17(14)21(13)12-18(22)20-15-8-10-16(11-9-15)25(19,23)24/h2-5,8-11,13H,6-7,12H2,1H3,(H,20,22)(H2,19,23,24)/t13-/m0/s1. The fraction of sp³-hybridized carbons (Fsp3) is 0.278. The molecule has 3 N–H and O–H groups in total. The van der Waals surface area contributed by atoms with E-state index in [4.69, 9.17) is 5.14 Å². The van der Waals surface area contributed by atoms with E-state index in [9.17, 15) is 13.2 Å². The van der Waals surface area contributed by atoms with Gasteiger partial charge in [-0.15, -0.1) is 0 Å². The Morgan fingerprint density at radius 1 is 1.20 bits per heavy atom. The molecule has 7 heteroatoms. The highest BCUT2D eigenvalue weighted by molar-refractivity contribution is 7.89. The number of amides is 1. The minimum Gasteiger partial charge on any atom is -0.359 e. The first-order valence-corrected chi connectivity index (χ1v) is 9.66. The van der Waals surface area contributed by atoms with Gasteiger partial charge >= 0.3 is 0 Å². The molecule has 0 bridgehead atoms. The number of nitrogens with two attached hydrogens (primary N) is 1. The molecule has 0 saturated carbocycles. The minimum atomic E-state index is -3.73. The fourth-order valence-electron chi connectivity index (χ4n) is 3.08. The second-order valence-electron chi connectivity index (χ2n) is 6.26. The summed E-state index contributed by atoms with van der Waals surface area (Å²) in [7, 11) is -3.73. The molecule has 0 fully saturated rings. The first-order chi connectivity index (χ1) is 11.8. The molecular weight excluding hydrogens is 338 g/mol. The highest BCUT2D eigenvalue weighted by Crippen LogP contribution is 2.30. The van der Waals surface area contributed by atoms with Crippen molar-refractivity contribution in [3.63, 3.8) is 0 Å². The van der Waals surface area contributed by atoms with Crippen molar-refractivity contribution in [2.45, 2.75) is 30.7 Å². The van der Waals surface area contributed by atoms with Crippen molar-refractivity contribution in [3.05, 3.63) is 54.1 Å². The summed E-state index contributed by atoms with van der Waals surface area (Å²) < 4.78 is 22.5. The third-order valence-corrected chi connectivity index (χ3v) is 5.37. The average molecular weight is 359 g/mol. The zero-order valence-electron chi connectivity index (χ0n) is 14.0. The van der Waals surface area contributed by atoms with E-state index in [0.29, 0.717) is 5.69 Å². The van der Waals surface area contributed by atoms with Crippen LogP contribution < -0.4 is 15.4 Å². The summed E-state index contributed by atoms with van der Waals surface area (Å²) in [5, 5.41) is 7.87. The van der Waals surface area contributed by atoms with Gasteiger partial charge in [-0.2, -0.15) is 0 Å². The van der Waals surface area contributed by atoms with Gasteiger partial charge in [0.2, 0.25) is 15.9 Å². The second-order valence-corrected chi connectivity index (χ2v) is 7.82. The molecule has 1 atom stereocenters. The van der Waals surface area contributed by atoms with Crippen molar-refractivity contribution in [2.75, 3.05) is 16.8 Å². The number of aryl methyl sites for hydroxylation is 1. The molecule has 0 aliphatic carbocycles. The van der Waals surface area contributed by atoms with Gasteiger partial charge in [-0.3, -0.25) is 4.79 Å². The Bertz CT molecular complexity index is 879. The number of primary sulfonamides is 1. The Morgan fingerprint density at radius 3 is 2.56 bits per heavy atom. The number of nitrogens with one attached hydrogen (secondary N) is 1. The summed E-state index contributed by atoms with van der Waals surface area (Å²) in [5.74, 6) is -0.146.